The van der Waals surface area contributed by atoms with E-state index >= 15 is 0 Å². The van der Waals surface area contributed by atoms with Crippen molar-refractivity contribution in [1.29, 1.82) is 0 Å². The number of carbonyl (C=O) groups is 1. The number of fused-ring (bicyclic) bond motifs is 1. The fraction of sp³-hybridized carbons (Fsp3) is 0.231. The summed E-state index contributed by atoms with van der Waals surface area (Å²) < 4.78 is 0. The Balaban J connectivity index is 1.47. The first-order valence-electron chi connectivity index (χ1n) is 11.2. The molecule has 1 fully saturated rings. The summed E-state index contributed by atoms with van der Waals surface area (Å²) in [4.78, 5) is 28.9. The number of pyridine rings is 3. The monoisotopic (exact) mass is 438 g/mol. The zero-order chi connectivity index (χ0) is 22.8. The maximum atomic E-state index is 13.4. The molecule has 33 heavy (non-hydrogen) atoms. The van der Waals surface area contributed by atoms with Crippen molar-refractivity contribution in [3.8, 4) is 11.3 Å². The quantitative estimate of drug-likeness (QED) is 0.458. The van der Waals surface area contributed by atoms with Crippen LogP contribution in [0.25, 0.3) is 22.0 Å². The molecule has 7 heteroatoms. The molecule has 1 atom stereocenters. The Kier molecular flexibility index (Phi) is 5.71. The third kappa shape index (κ3) is 4.27. The first-order chi connectivity index (χ1) is 16.1. The molecular weight excluding hydrogens is 412 g/mol. The summed E-state index contributed by atoms with van der Waals surface area (Å²) in [5.74, 6) is -0.141. The largest absolute Gasteiger partial charge is 0.397 e. The smallest absolute Gasteiger partial charge is 0.187 e. The van der Waals surface area contributed by atoms with Crippen LogP contribution in [0.5, 0.6) is 0 Å². The van der Waals surface area contributed by atoms with Crippen molar-refractivity contribution < 1.29 is 4.79 Å². The molecule has 4 N–H and O–H groups in total. The highest BCUT2D eigenvalue weighted by atomic mass is 16.1. The van der Waals surface area contributed by atoms with Gasteiger partial charge in [0.15, 0.2) is 5.78 Å². The van der Waals surface area contributed by atoms with Gasteiger partial charge in [-0.15, -0.1) is 0 Å². The van der Waals surface area contributed by atoms with Gasteiger partial charge in [-0.2, -0.15) is 0 Å². The van der Waals surface area contributed by atoms with Crippen LogP contribution in [0.2, 0.25) is 0 Å². The lowest BCUT2D eigenvalue weighted by molar-refractivity contribution is 0.0989. The van der Waals surface area contributed by atoms with Crippen LogP contribution in [-0.4, -0.2) is 39.9 Å². The topological polar surface area (TPSA) is 111 Å². The van der Waals surface area contributed by atoms with E-state index in [1.165, 1.54) is 0 Å². The Hall–Kier alpha value is -3.84. The highest BCUT2D eigenvalue weighted by Crippen LogP contribution is 2.29. The summed E-state index contributed by atoms with van der Waals surface area (Å²) in [5, 5.41) is 2.04. The number of rotatable bonds is 5. The van der Waals surface area contributed by atoms with E-state index in [0.29, 0.717) is 11.4 Å². The Morgan fingerprint density at radius 2 is 1.94 bits per heavy atom. The average molecular weight is 439 g/mol. The molecule has 4 aromatic rings. The molecular formula is C26H26N6O. The first kappa shape index (κ1) is 21.0. The van der Waals surface area contributed by atoms with Crippen molar-refractivity contribution in [2.24, 2.45) is 5.73 Å². The fourth-order valence-corrected chi connectivity index (χ4v) is 4.51. The summed E-state index contributed by atoms with van der Waals surface area (Å²) in [6.07, 6.45) is 9.32. The molecule has 0 amide bonds. The molecule has 1 saturated heterocycles. The third-order valence-electron chi connectivity index (χ3n) is 6.16. The molecule has 0 radical (unpaired) electrons. The Bertz CT molecular complexity index is 1320. The lowest BCUT2D eigenvalue weighted by Gasteiger charge is -2.33. The van der Waals surface area contributed by atoms with E-state index in [4.69, 9.17) is 11.5 Å². The molecule has 1 aliphatic rings. The van der Waals surface area contributed by atoms with Gasteiger partial charge in [-0.25, -0.2) is 4.98 Å². The van der Waals surface area contributed by atoms with E-state index in [1.54, 1.807) is 24.7 Å². The number of anilines is 2. The fourth-order valence-electron chi connectivity index (χ4n) is 4.51. The van der Waals surface area contributed by atoms with Gasteiger partial charge < -0.3 is 16.4 Å². The van der Waals surface area contributed by atoms with Crippen molar-refractivity contribution in [2.75, 3.05) is 23.7 Å². The summed E-state index contributed by atoms with van der Waals surface area (Å²) in [6.45, 7) is 1.69. The van der Waals surface area contributed by atoms with Gasteiger partial charge in [-0.3, -0.25) is 14.8 Å². The first-order valence-corrected chi connectivity index (χ1v) is 11.2. The number of hydrogen-bond donors (Lipinski definition) is 2. The van der Waals surface area contributed by atoms with E-state index < -0.39 is 0 Å². The van der Waals surface area contributed by atoms with Crippen molar-refractivity contribution in [2.45, 2.75) is 25.3 Å². The SMILES string of the molecule is Nc1ccc(-c2cncc3ccccc23)nc1C(=O)Cc1cnccc1N1CCC[C@H](N)C1. The van der Waals surface area contributed by atoms with E-state index in [-0.39, 0.29) is 23.9 Å². The number of nitrogens with zero attached hydrogens (tertiary/aromatic N) is 4. The molecule has 1 aliphatic heterocycles. The molecule has 3 aromatic heterocycles. The van der Waals surface area contributed by atoms with Crippen LogP contribution in [-0.2, 0) is 6.42 Å². The van der Waals surface area contributed by atoms with Crippen LogP contribution in [0.15, 0.2) is 67.3 Å². The second-order valence-corrected chi connectivity index (χ2v) is 8.50. The van der Waals surface area contributed by atoms with Crippen molar-refractivity contribution in [3.63, 3.8) is 0 Å². The number of hydrogen-bond acceptors (Lipinski definition) is 7. The maximum absolute atomic E-state index is 13.4. The van der Waals surface area contributed by atoms with Crippen LogP contribution in [0.3, 0.4) is 0 Å². The number of nitrogens with two attached hydrogens (primary N) is 2. The number of ketones is 1. The Morgan fingerprint density at radius 1 is 1.06 bits per heavy atom. The standard InChI is InChI=1S/C26H26N6O/c27-19-5-3-11-32(16-19)24-9-10-29-14-18(24)12-25(33)26-22(28)7-8-23(31-26)21-15-30-13-17-4-1-2-6-20(17)21/h1-2,4,6-10,13-15,19H,3,5,11-12,16,27-28H2/t19-/m0/s1. The highest BCUT2D eigenvalue weighted by Gasteiger charge is 2.22. The molecule has 0 unspecified atom stereocenters. The van der Waals surface area contributed by atoms with Crippen LogP contribution >= 0.6 is 0 Å². The van der Waals surface area contributed by atoms with Crippen LogP contribution < -0.4 is 16.4 Å². The molecule has 0 spiro atoms. The number of piperidine rings is 1. The van der Waals surface area contributed by atoms with E-state index in [2.05, 4.69) is 19.9 Å². The second kappa shape index (κ2) is 8.96. The number of benzene rings is 1. The van der Waals surface area contributed by atoms with Crippen LogP contribution in [0, 0.1) is 0 Å². The Morgan fingerprint density at radius 3 is 2.82 bits per heavy atom. The summed E-state index contributed by atoms with van der Waals surface area (Å²) in [7, 11) is 0. The molecule has 0 bridgehead atoms. The van der Waals surface area contributed by atoms with Crippen molar-refractivity contribution in [1.82, 2.24) is 15.0 Å². The number of aromatic nitrogens is 3. The molecule has 0 aliphatic carbocycles. The zero-order valence-corrected chi connectivity index (χ0v) is 18.3. The lowest BCUT2D eigenvalue weighted by atomic mass is 10.0. The van der Waals surface area contributed by atoms with Crippen molar-refractivity contribution >= 4 is 27.9 Å². The van der Waals surface area contributed by atoms with Gasteiger partial charge in [-0.1, -0.05) is 24.3 Å². The number of Topliss-reactive ketones (excluding diaryl/α,β-unsaturated/α-hetero) is 1. The number of carbonyl (C=O) groups excluding carboxylic acids is 1. The number of nitrogen functional groups attached to an aromatic ring is 1. The predicted octanol–water partition coefficient (Wildman–Crippen LogP) is 3.63. The van der Waals surface area contributed by atoms with Gasteiger partial charge >= 0.3 is 0 Å². The minimum atomic E-state index is -0.141. The van der Waals surface area contributed by atoms with Gasteiger partial charge in [-0.05, 0) is 36.4 Å². The van der Waals surface area contributed by atoms with Gasteiger partial charge in [0.2, 0.25) is 0 Å². The van der Waals surface area contributed by atoms with Gasteiger partial charge in [0, 0.05) is 72.5 Å². The summed E-state index contributed by atoms with van der Waals surface area (Å²) >= 11 is 0. The average Bonchev–Trinajstić information content (AvgIpc) is 2.84. The van der Waals surface area contributed by atoms with E-state index in [9.17, 15) is 4.79 Å². The zero-order valence-electron chi connectivity index (χ0n) is 18.3. The molecule has 166 valence electrons. The lowest BCUT2D eigenvalue weighted by Crippen LogP contribution is -2.43. The summed E-state index contributed by atoms with van der Waals surface area (Å²) in [5.41, 5.74) is 16.4. The normalized spacial score (nSPS) is 16.2. The van der Waals surface area contributed by atoms with Crippen molar-refractivity contribution in [3.05, 3.63) is 78.5 Å². The van der Waals surface area contributed by atoms with Gasteiger partial charge in [0.25, 0.3) is 0 Å². The third-order valence-corrected chi connectivity index (χ3v) is 6.16. The molecule has 4 heterocycles. The highest BCUT2D eigenvalue weighted by molar-refractivity contribution is 6.02. The molecule has 0 saturated carbocycles. The van der Waals surface area contributed by atoms with Gasteiger partial charge in [0.05, 0.1) is 11.4 Å². The summed E-state index contributed by atoms with van der Waals surface area (Å²) in [6, 6.07) is 13.6. The minimum absolute atomic E-state index is 0.138. The molecule has 1 aromatic carbocycles. The van der Waals surface area contributed by atoms with E-state index in [1.807, 2.05) is 42.6 Å². The second-order valence-electron chi connectivity index (χ2n) is 8.50. The minimum Gasteiger partial charge on any atom is -0.397 e. The van der Waals surface area contributed by atoms with E-state index in [0.717, 1.165) is 53.5 Å². The van der Waals surface area contributed by atoms with Crippen LogP contribution in [0.4, 0.5) is 11.4 Å². The molecule has 5 rings (SSSR count). The predicted molar refractivity (Wildman–Crippen MR) is 131 cm³/mol. The van der Waals surface area contributed by atoms with Gasteiger partial charge in [0.1, 0.15) is 5.69 Å². The Labute approximate surface area is 192 Å². The molecule has 7 nitrogen and oxygen atoms in total. The van der Waals surface area contributed by atoms with Crippen LogP contribution in [0.1, 0.15) is 28.9 Å². The maximum Gasteiger partial charge on any atom is 0.187 e.